The summed E-state index contributed by atoms with van der Waals surface area (Å²) in [6.45, 7) is 4.92. The molecule has 0 spiro atoms. The summed E-state index contributed by atoms with van der Waals surface area (Å²) in [5.74, 6) is 1.39. The van der Waals surface area contributed by atoms with Crippen LogP contribution in [0.2, 0.25) is 0 Å². The van der Waals surface area contributed by atoms with E-state index in [1.165, 1.54) is 6.07 Å². The lowest BCUT2D eigenvalue weighted by atomic mass is 10.4. The Hall–Kier alpha value is -0.970. The van der Waals surface area contributed by atoms with Gasteiger partial charge in [0, 0.05) is 24.3 Å². The molecule has 84 valence electrons. The molecule has 1 unspecified atom stereocenters. The van der Waals surface area contributed by atoms with Crippen molar-refractivity contribution in [3.63, 3.8) is 0 Å². The second kappa shape index (κ2) is 5.80. The van der Waals surface area contributed by atoms with Crippen molar-refractivity contribution in [2.75, 3.05) is 18.1 Å². The predicted molar refractivity (Wildman–Crippen MR) is 65.7 cm³/mol. The highest BCUT2D eigenvalue weighted by Crippen LogP contribution is 2.06. The van der Waals surface area contributed by atoms with Crippen molar-refractivity contribution >= 4 is 17.6 Å². The van der Waals surface area contributed by atoms with Gasteiger partial charge in [-0.1, -0.05) is 13.8 Å². The van der Waals surface area contributed by atoms with E-state index in [0.717, 1.165) is 18.8 Å². The zero-order valence-corrected chi connectivity index (χ0v) is 10.1. The number of aromatic nitrogens is 2. The molecule has 0 radical (unpaired) electrons. The van der Waals surface area contributed by atoms with Crippen molar-refractivity contribution in [3.8, 4) is 0 Å². The van der Waals surface area contributed by atoms with E-state index in [-0.39, 0.29) is 5.56 Å². The Labute approximate surface area is 93.9 Å². The molecule has 0 saturated heterocycles. The van der Waals surface area contributed by atoms with E-state index in [1.54, 1.807) is 11.8 Å². The maximum atomic E-state index is 11.2. The molecule has 1 aromatic rings. The normalized spacial score (nSPS) is 12.5. The molecular weight excluding hydrogens is 210 g/mol. The fourth-order valence-electron chi connectivity index (χ4n) is 1.10. The first-order chi connectivity index (χ1) is 7.15. The monoisotopic (exact) mass is 227 g/mol. The van der Waals surface area contributed by atoms with Crippen molar-refractivity contribution in [2.24, 2.45) is 0 Å². The van der Waals surface area contributed by atoms with E-state index >= 15 is 0 Å². The van der Waals surface area contributed by atoms with Crippen molar-refractivity contribution in [3.05, 3.63) is 22.2 Å². The highest BCUT2D eigenvalue weighted by molar-refractivity contribution is 7.99. The van der Waals surface area contributed by atoms with Crippen LogP contribution in [-0.4, -0.2) is 28.0 Å². The maximum Gasteiger partial charge on any atom is 0.252 e. The van der Waals surface area contributed by atoms with E-state index in [0.29, 0.717) is 11.1 Å². The standard InChI is InChI=1S/C10H17N3OS/c1-4-8-12-9(5-10(14)13-8)11-6-7(2)15-3/h5,7H,4,6H2,1-3H3,(H2,11,12,13,14). The van der Waals surface area contributed by atoms with Gasteiger partial charge in [-0.05, 0) is 6.26 Å². The predicted octanol–water partition coefficient (Wildman–Crippen LogP) is 1.50. The van der Waals surface area contributed by atoms with E-state index < -0.39 is 0 Å². The number of nitrogens with one attached hydrogen (secondary N) is 2. The molecule has 1 heterocycles. The number of anilines is 1. The molecule has 0 aliphatic heterocycles. The Balaban J connectivity index is 2.68. The fraction of sp³-hybridized carbons (Fsp3) is 0.600. The van der Waals surface area contributed by atoms with Crippen molar-refractivity contribution in [1.29, 1.82) is 0 Å². The molecule has 1 atom stereocenters. The third-order valence-electron chi connectivity index (χ3n) is 2.10. The molecule has 1 rings (SSSR count). The second-order valence-corrected chi connectivity index (χ2v) is 4.63. The van der Waals surface area contributed by atoms with Crippen molar-refractivity contribution in [2.45, 2.75) is 25.5 Å². The van der Waals surface area contributed by atoms with Crippen LogP contribution >= 0.6 is 11.8 Å². The van der Waals surface area contributed by atoms with E-state index in [2.05, 4.69) is 28.5 Å². The lowest BCUT2D eigenvalue weighted by Crippen LogP contribution is -2.17. The van der Waals surface area contributed by atoms with Gasteiger partial charge in [-0.15, -0.1) is 0 Å². The number of aromatic amines is 1. The lowest BCUT2D eigenvalue weighted by Gasteiger charge is -2.10. The Kier molecular flexibility index (Phi) is 4.68. The lowest BCUT2D eigenvalue weighted by molar-refractivity contribution is 0.907. The molecule has 15 heavy (non-hydrogen) atoms. The van der Waals surface area contributed by atoms with Crippen molar-refractivity contribution < 1.29 is 0 Å². The van der Waals surface area contributed by atoms with Gasteiger partial charge in [-0.25, -0.2) is 4.98 Å². The van der Waals surface area contributed by atoms with Crippen LogP contribution in [0, 0.1) is 0 Å². The largest absolute Gasteiger partial charge is 0.369 e. The van der Waals surface area contributed by atoms with Gasteiger partial charge in [-0.3, -0.25) is 4.79 Å². The topological polar surface area (TPSA) is 57.8 Å². The van der Waals surface area contributed by atoms with E-state index in [1.807, 2.05) is 6.92 Å². The summed E-state index contributed by atoms with van der Waals surface area (Å²) in [5, 5.41) is 3.67. The van der Waals surface area contributed by atoms with Gasteiger partial charge in [0.15, 0.2) is 0 Å². The first-order valence-electron chi connectivity index (χ1n) is 5.02. The molecule has 2 N–H and O–H groups in total. The van der Waals surface area contributed by atoms with Gasteiger partial charge < -0.3 is 10.3 Å². The van der Waals surface area contributed by atoms with Gasteiger partial charge >= 0.3 is 0 Å². The third kappa shape index (κ3) is 3.95. The molecule has 0 bridgehead atoms. The summed E-state index contributed by atoms with van der Waals surface area (Å²) in [5.41, 5.74) is -0.0962. The number of aryl methyl sites for hydroxylation is 1. The highest BCUT2D eigenvalue weighted by Gasteiger charge is 2.02. The van der Waals surface area contributed by atoms with Crippen LogP contribution in [0.4, 0.5) is 5.82 Å². The molecule has 0 aromatic carbocycles. The quantitative estimate of drug-likeness (QED) is 0.800. The van der Waals surface area contributed by atoms with Gasteiger partial charge in [0.2, 0.25) is 0 Å². The average molecular weight is 227 g/mol. The van der Waals surface area contributed by atoms with Crippen molar-refractivity contribution in [1.82, 2.24) is 9.97 Å². The maximum absolute atomic E-state index is 11.2. The molecular formula is C10H17N3OS. The first-order valence-corrected chi connectivity index (χ1v) is 6.31. The summed E-state index contributed by atoms with van der Waals surface area (Å²) in [6.07, 6.45) is 2.80. The van der Waals surface area contributed by atoms with E-state index in [9.17, 15) is 4.79 Å². The summed E-state index contributed by atoms with van der Waals surface area (Å²) in [4.78, 5) is 18.2. The molecule has 4 nitrogen and oxygen atoms in total. The van der Waals surface area contributed by atoms with Crippen LogP contribution in [0.3, 0.4) is 0 Å². The van der Waals surface area contributed by atoms with Crippen LogP contribution < -0.4 is 10.9 Å². The number of H-pyrrole nitrogens is 1. The minimum atomic E-state index is -0.0962. The SMILES string of the molecule is CCc1nc(NCC(C)SC)cc(=O)[nH]1. The van der Waals surface area contributed by atoms with Crippen LogP contribution in [0.1, 0.15) is 19.7 Å². The Morgan fingerprint density at radius 1 is 1.67 bits per heavy atom. The molecule has 1 aromatic heterocycles. The van der Waals surface area contributed by atoms with Crippen LogP contribution in [0.25, 0.3) is 0 Å². The Morgan fingerprint density at radius 3 is 3.00 bits per heavy atom. The summed E-state index contributed by atoms with van der Waals surface area (Å²) >= 11 is 1.78. The zero-order chi connectivity index (χ0) is 11.3. The molecule has 5 heteroatoms. The molecule has 0 fully saturated rings. The second-order valence-electron chi connectivity index (χ2n) is 3.36. The Bertz CT molecular complexity index is 364. The van der Waals surface area contributed by atoms with E-state index in [4.69, 9.17) is 0 Å². The number of thioether (sulfide) groups is 1. The molecule has 0 aliphatic rings. The molecule has 0 amide bonds. The molecule has 0 saturated carbocycles. The average Bonchev–Trinajstić information content (AvgIpc) is 2.25. The Morgan fingerprint density at radius 2 is 2.40 bits per heavy atom. The van der Waals surface area contributed by atoms with Crippen LogP contribution in [0.5, 0.6) is 0 Å². The van der Waals surface area contributed by atoms with Gasteiger partial charge in [-0.2, -0.15) is 11.8 Å². The van der Waals surface area contributed by atoms with Gasteiger partial charge in [0.1, 0.15) is 11.6 Å². The van der Waals surface area contributed by atoms with Crippen LogP contribution in [-0.2, 0) is 6.42 Å². The summed E-state index contributed by atoms with van der Waals surface area (Å²) in [7, 11) is 0. The molecule has 0 aliphatic carbocycles. The number of nitrogens with zero attached hydrogens (tertiary/aromatic N) is 1. The summed E-state index contributed by atoms with van der Waals surface area (Å²) < 4.78 is 0. The number of hydrogen-bond acceptors (Lipinski definition) is 4. The summed E-state index contributed by atoms with van der Waals surface area (Å²) in [6, 6.07) is 1.49. The van der Waals surface area contributed by atoms with Gasteiger partial charge in [0.05, 0.1) is 0 Å². The zero-order valence-electron chi connectivity index (χ0n) is 9.33. The fourth-order valence-corrected chi connectivity index (χ4v) is 1.35. The first kappa shape index (κ1) is 12.1. The number of rotatable bonds is 5. The highest BCUT2D eigenvalue weighted by atomic mass is 32.2. The minimum absolute atomic E-state index is 0.0962. The number of hydrogen-bond donors (Lipinski definition) is 2. The smallest absolute Gasteiger partial charge is 0.252 e. The minimum Gasteiger partial charge on any atom is -0.369 e. The van der Waals surface area contributed by atoms with Crippen LogP contribution in [0.15, 0.2) is 10.9 Å². The van der Waals surface area contributed by atoms with Gasteiger partial charge in [0.25, 0.3) is 5.56 Å². The third-order valence-corrected chi connectivity index (χ3v) is 3.07.